The molecule has 0 heterocycles. The molecule has 126 valence electrons. The van der Waals surface area contributed by atoms with Crippen LogP contribution < -0.4 is 4.74 Å². The molecule has 2 atom stereocenters. The Morgan fingerprint density at radius 1 is 1.30 bits per heavy atom. The van der Waals surface area contributed by atoms with E-state index in [9.17, 15) is 9.59 Å². The van der Waals surface area contributed by atoms with Gasteiger partial charge < -0.3 is 14.7 Å². The Balaban J connectivity index is 2.16. The Morgan fingerprint density at radius 2 is 1.91 bits per heavy atom. The fourth-order valence-electron chi connectivity index (χ4n) is 2.77. The van der Waals surface area contributed by atoms with Gasteiger partial charge >= 0.3 is 5.97 Å². The summed E-state index contributed by atoms with van der Waals surface area (Å²) in [5.74, 6) is -0.848. The summed E-state index contributed by atoms with van der Waals surface area (Å²) in [4.78, 5) is 25.9. The van der Waals surface area contributed by atoms with E-state index in [2.05, 4.69) is 0 Å². The largest absolute Gasteiger partial charge is 0.497 e. The predicted octanol–water partition coefficient (Wildman–Crippen LogP) is 2.90. The molecule has 1 aromatic carbocycles. The summed E-state index contributed by atoms with van der Waals surface area (Å²) in [6, 6.07) is 7.74. The van der Waals surface area contributed by atoms with Gasteiger partial charge in [-0.15, -0.1) is 0 Å². The second kappa shape index (κ2) is 7.49. The zero-order valence-electron chi connectivity index (χ0n) is 14.0. The van der Waals surface area contributed by atoms with Crippen LogP contribution in [0.4, 0.5) is 0 Å². The number of carboxylic acid groups (broad SMARTS) is 1. The Bertz CT molecular complexity index is 551. The first-order chi connectivity index (χ1) is 11.0. The van der Waals surface area contributed by atoms with Crippen LogP contribution in [0.5, 0.6) is 5.75 Å². The maximum Gasteiger partial charge on any atom is 0.308 e. The molecule has 2 unspecified atom stereocenters. The van der Waals surface area contributed by atoms with E-state index in [0.29, 0.717) is 6.42 Å². The van der Waals surface area contributed by atoms with Gasteiger partial charge in [0.2, 0.25) is 5.91 Å². The van der Waals surface area contributed by atoms with Crippen LogP contribution >= 0.6 is 0 Å². The lowest BCUT2D eigenvalue weighted by Crippen LogP contribution is -2.41. The van der Waals surface area contributed by atoms with E-state index in [0.717, 1.165) is 24.2 Å². The van der Waals surface area contributed by atoms with Crippen LogP contribution in [-0.2, 0) is 9.59 Å². The molecule has 1 N–H and O–H groups in total. The summed E-state index contributed by atoms with van der Waals surface area (Å²) in [6.45, 7) is 3.92. The molecule has 23 heavy (non-hydrogen) atoms. The number of carboxylic acids is 1. The maximum atomic E-state index is 13.0. The second-order valence-corrected chi connectivity index (χ2v) is 6.20. The van der Waals surface area contributed by atoms with Gasteiger partial charge in [-0.2, -0.15) is 0 Å². The minimum absolute atomic E-state index is 0.0354. The van der Waals surface area contributed by atoms with Gasteiger partial charge in [0.25, 0.3) is 0 Å². The van der Waals surface area contributed by atoms with Gasteiger partial charge in [0.1, 0.15) is 5.75 Å². The number of carbonyl (C=O) groups excluding carboxylic acids is 1. The third kappa shape index (κ3) is 4.24. The zero-order chi connectivity index (χ0) is 17.0. The van der Waals surface area contributed by atoms with Crippen LogP contribution in [0.15, 0.2) is 24.3 Å². The van der Waals surface area contributed by atoms with E-state index < -0.39 is 11.9 Å². The Hall–Kier alpha value is -2.04. The highest BCUT2D eigenvalue weighted by molar-refractivity contribution is 5.85. The first-order valence-corrected chi connectivity index (χ1v) is 8.15. The Labute approximate surface area is 137 Å². The highest BCUT2D eigenvalue weighted by Gasteiger charge is 2.37. The van der Waals surface area contributed by atoms with Gasteiger partial charge in [0, 0.05) is 12.6 Å². The highest BCUT2D eigenvalue weighted by Crippen LogP contribution is 2.32. The van der Waals surface area contributed by atoms with Crippen molar-refractivity contribution in [3.63, 3.8) is 0 Å². The number of hydrogen-bond acceptors (Lipinski definition) is 3. The quantitative estimate of drug-likeness (QED) is 0.800. The Kier molecular flexibility index (Phi) is 5.64. The molecule has 1 aliphatic carbocycles. The number of benzene rings is 1. The van der Waals surface area contributed by atoms with Crippen molar-refractivity contribution < 1.29 is 19.4 Å². The molecule has 0 aliphatic heterocycles. The summed E-state index contributed by atoms with van der Waals surface area (Å²) in [5.41, 5.74) is 0.951. The molecule has 0 bridgehead atoms. The van der Waals surface area contributed by atoms with E-state index in [4.69, 9.17) is 9.84 Å². The van der Waals surface area contributed by atoms with E-state index in [1.807, 2.05) is 31.2 Å². The summed E-state index contributed by atoms with van der Waals surface area (Å²) in [6.07, 6.45) is 2.63. The average Bonchev–Trinajstić information content (AvgIpc) is 3.38. The van der Waals surface area contributed by atoms with Gasteiger partial charge in [0.15, 0.2) is 0 Å². The molecule has 0 radical (unpaired) electrons. The number of amides is 1. The zero-order valence-corrected chi connectivity index (χ0v) is 14.0. The summed E-state index contributed by atoms with van der Waals surface area (Å²) in [7, 11) is 1.61. The van der Waals surface area contributed by atoms with E-state index >= 15 is 0 Å². The van der Waals surface area contributed by atoms with Crippen molar-refractivity contribution in [1.82, 2.24) is 4.90 Å². The minimum Gasteiger partial charge on any atom is -0.497 e. The molecule has 5 nitrogen and oxygen atoms in total. The van der Waals surface area contributed by atoms with Crippen LogP contribution in [0.25, 0.3) is 0 Å². The molecule has 0 saturated heterocycles. The first-order valence-electron chi connectivity index (χ1n) is 8.15. The number of rotatable bonds is 8. The maximum absolute atomic E-state index is 13.0. The number of ether oxygens (including phenoxy) is 1. The standard InChI is InChI=1S/C18H25NO4/c1-4-16(13-5-9-15(23-3)10-6-13)17(20)19(14-7-8-14)11-12(2)18(21)22/h5-6,9-10,12,14,16H,4,7-8,11H2,1-3H3,(H,21,22). The van der Waals surface area contributed by atoms with Crippen molar-refractivity contribution in [3.8, 4) is 5.75 Å². The molecule has 1 aromatic rings. The van der Waals surface area contributed by atoms with E-state index in [1.165, 1.54) is 0 Å². The number of methoxy groups -OCH3 is 1. The monoisotopic (exact) mass is 319 g/mol. The highest BCUT2D eigenvalue weighted by atomic mass is 16.5. The van der Waals surface area contributed by atoms with Crippen LogP contribution in [0, 0.1) is 5.92 Å². The van der Waals surface area contributed by atoms with E-state index in [-0.39, 0.29) is 24.4 Å². The van der Waals surface area contributed by atoms with Gasteiger partial charge in [-0.05, 0) is 37.0 Å². The number of carbonyl (C=O) groups is 2. The molecule has 5 heteroatoms. The number of hydrogen-bond donors (Lipinski definition) is 1. The second-order valence-electron chi connectivity index (χ2n) is 6.20. The fourth-order valence-corrected chi connectivity index (χ4v) is 2.77. The summed E-state index contributed by atoms with van der Waals surface area (Å²) < 4.78 is 5.16. The first kappa shape index (κ1) is 17.3. The van der Waals surface area contributed by atoms with E-state index in [1.54, 1.807) is 18.9 Å². The van der Waals surface area contributed by atoms with Crippen molar-refractivity contribution in [2.24, 2.45) is 5.92 Å². The minimum atomic E-state index is -0.860. The van der Waals surface area contributed by atoms with Crippen molar-refractivity contribution in [2.45, 2.75) is 45.1 Å². The smallest absolute Gasteiger partial charge is 0.308 e. The number of aliphatic carboxylic acids is 1. The molecule has 0 spiro atoms. The fraction of sp³-hybridized carbons (Fsp3) is 0.556. The van der Waals surface area contributed by atoms with Crippen LogP contribution in [0.3, 0.4) is 0 Å². The predicted molar refractivity (Wildman–Crippen MR) is 87.6 cm³/mol. The molecule has 1 fully saturated rings. The molecule has 1 aliphatic rings. The van der Waals surface area contributed by atoms with Crippen molar-refractivity contribution in [3.05, 3.63) is 29.8 Å². The third-order valence-electron chi connectivity index (χ3n) is 4.39. The third-order valence-corrected chi connectivity index (χ3v) is 4.39. The van der Waals surface area contributed by atoms with Gasteiger partial charge in [-0.1, -0.05) is 26.0 Å². The van der Waals surface area contributed by atoms with Crippen LogP contribution in [0.1, 0.15) is 44.6 Å². The summed E-state index contributed by atoms with van der Waals surface area (Å²) in [5, 5.41) is 9.13. The topological polar surface area (TPSA) is 66.8 Å². The molecule has 0 aromatic heterocycles. The molecule has 1 amide bonds. The normalized spacial score (nSPS) is 16.5. The van der Waals surface area contributed by atoms with Gasteiger partial charge in [-0.25, -0.2) is 0 Å². The summed E-state index contributed by atoms with van der Waals surface area (Å²) >= 11 is 0. The molecular weight excluding hydrogens is 294 g/mol. The van der Waals surface area contributed by atoms with Crippen LogP contribution in [0.2, 0.25) is 0 Å². The van der Waals surface area contributed by atoms with Crippen molar-refractivity contribution in [2.75, 3.05) is 13.7 Å². The van der Waals surface area contributed by atoms with Gasteiger partial charge in [-0.3, -0.25) is 9.59 Å². The molecule has 1 saturated carbocycles. The Morgan fingerprint density at radius 3 is 2.35 bits per heavy atom. The lowest BCUT2D eigenvalue weighted by Gasteiger charge is -2.28. The van der Waals surface area contributed by atoms with Gasteiger partial charge in [0.05, 0.1) is 18.9 Å². The van der Waals surface area contributed by atoms with Crippen molar-refractivity contribution >= 4 is 11.9 Å². The lowest BCUT2D eigenvalue weighted by molar-refractivity contribution is -0.143. The molecule has 2 rings (SSSR count). The van der Waals surface area contributed by atoms with Crippen LogP contribution in [-0.4, -0.2) is 41.6 Å². The average molecular weight is 319 g/mol. The number of nitrogens with zero attached hydrogens (tertiary/aromatic N) is 1. The van der Waals surface area contributed by atoms with Crippen molar-refractivity contribution in [1.29, 1.82) is 0 Å². The molecular formula is C18H25NO4. The SMILES string of the molecule is CCC(C(=O)N(CC(C)C(=O)O)C1CC1)c1ccc(OC)cc1. The lowest BCUT2D eigenvalue weighted by atomic mass is 9.94.